The number of Topliss-reactive ketones (excluding diaryl/α,β-unsaturated/α-hetero) is 1. The Hall–Kier alpha value is -4.87. The molecule has 1 aliphatic rings. The van der Waals surface area contributed by atoms with E-state index in [0.717, 1.165) is 38.8 Å². The Balaban J connectivity index is 1.40. The van der Waals surface area contributed by atoms with Crippen LogP contribution in [0.25, 0.3) is 16.5 Å². The SMILES string of the molecule is Cc1ccc(C)c(C(O)=C2C(=O)C(=O)N(c3nnc(SCc4cccc5ccccc45)s3)C2c2ccc([N+](=O)[O-])cc2)c1. The number of amides is 1. The largest absolute Gasteiger partial charge is 0.507 e. The Morgan fingerprint density at radius 3 is 2.51 bits per heavy atom. The summed E-state index contributed by atoms with van der Waals surface area (Å²) >= 11 is 2.63. The molecule has 1 amide bonds. The number of hydrogen-bond donors (Lipinski definition) is 1. The van der Waals surface area contributed by atoms with E-state index in [1.54, 1.807) is 13.0 Å². The van der Waals surface area contributed by atoms with Gasteiger partial charge in [0.1, 0.15) is 5.76 Å². The molecule has 1 atom stereocenters. The van der Waals surface area contributed by atoms with Crippen molar-refractivity contribution in [1.29, 1.82) is 0 Å². The molecule has 6 rings (SSSR count). The van der Waals surface area contributed by atoms with Crippen LogP contribution in [0.5, 0.6) is 0 Å². The Bertz CT molecular complexity index is 1950. The van der Waals surface area contributed by atoms with Crippen molar-refractivity contribution in [2.24, 2.45) is 0 Å². The summed E-state index contributed by atoms with van der Waals surface area (Å²) in [5.74, 6) is -1.44. The number of benzene rings is 4. The molecule has 1 fully saturated rings. The van der Waals surface area contributed by atoms with Crippen LogP contribution in [0.4, 0.5) is 10.8 Å². The summed E-state index contributed by atoms with van der Waals surface area (Å²) < 4.78 is 0.599. The fourth-order valence-electron chi connectivity index (χ4n) is 5.18. The number of aromatic nitrogens is 2. The molecule has 0 radical (unpaired) electrons. The van der Waals surface area contributed by atoms with Crippen LogP contribution < -0.4 is 4.90 Å². The standard InChI is InChI=1S/C32H24N4O5S2/c1-18-10-11-19(2)25(16-18)28(37)26-27(21-12-14-23(15-13-21)36(40)41)35(30(39)29(26)38)31-33-34-32(43-31)42-17-22-8-5-7-20-6-3-4-9-24(20)22/h3-16,27,37H,17H2,1-2H3. The number of non-ortho nitro benzene ring substituents is 1. The molecule has 214 valence electrons. The van der Waals surface area contributed by atoms with E-state index >= 15 is 0 Å². The van der Waals surface area contributed by atoms with E-state index in [1.165, 1.54) is 40.9 Å². The van der Waals surface area contributed by atoms with E-state index in [9.17, 15) is 24.8 Å². The maximum Gasteiger partial charge on any atom is 0.301 e. The molecule has 0 spiro atoms. The second-order valence-corrected chi connectivity index (χ2v) is 12.3. The number of anilines is 1. The lowest BCUT2D eigenvalue weighted by Crippen LogP contribution is -2.29. The second kappa shape index (κ2) is 11.4. The van der Waals surface area contributed by atoms with Crippen LogP contribution in [-0.4, -0.2) is 31.9 Å². The maximum atomic E-state index is 13.6. The Labute approximate surface area is 254 Å². The molecule has 0 aliphatic carbocycles. The predicted octanol–water partition coefficient (Wildman–Crippen LogP) is 7.13. The molecule has 2 heterocycles. The molecule has 1 N–H and O–H groups in total. The van der Waals surface area contributed by atoms with Crippen molar-refractivity contribution in [1.82, 2.24) is 10.2 Å². The molecule has 5 aromatic rings. The van der Waals surface area contributed by atoms with Gasteiger partial charge in [-0.1, -0.05) is 83.3 Å². The van der Waals surface area contributed by atoms with Gasteiger partial charge in [0.15, 0.2) is 4.34 Å². The summed E-state index contributed by atoms with van der Waals surface area (Å²) in [7, 11) is 0. The molecule has 1 saturated heterocycles. The van der Waals surface area contributed by atoms with E-state index in [2.05, 4.69) is 34.5 Å². The van der Waals surface area contributed by atoms with Crippen molar-refractivity contribution in [3.05, 3.63) is 128 Å². The normalized spacial score (nSPS) is 16.2. The zero-order valence-electron chi connectivity index (χ0n) is 23.1. The van der Waals surface area contributed by atoms with Crippen LogP contribution in [0, 0.1) is 24.0 Å². The highest BCUT2D eigenvalue weighted by molar-refractivity contribution is 8.00. The highest BCUT2D eigenvalue weighted by Crippen LogP contribution is 2.44. The summed E-state index contributed by atoms with van der Waals surface area (Å²) in [6.07, 6.45) is 0. The van der Waals surface area contributed by atoms with Gasteiger partial charge in [0.05, 0.1) is 16.5 Å². The number of aliphatic hydroxyl groups excluding tert-OH is 1. The van der Waals surface area contributed by atoms with Crippen molar-refractivity contribution in [3.63, 3.8) is 0 Å². The van der Waals surface area contributed by atoms with Crippen molar-refractivity contribution < 1.29 is 19.6 Å². The Morgan fingerprint density at radius 2 is 1.74 bits per heavy atom. The summed E-state index contributed by atoms with van der Waals surface area (Å²) in [5, 5.41) is 33.8. The molecule has 1 unspecified atom stereocenters. The van der Waals surface area contributed by atoms with Gasteiger partial charge in [0.25, 0.3) is 11.5 Å². The van der Waals surface area contributed by atoms with Gasteiger partial charge in [0, 0.05) is 23.4 Å². The first-order valence-corrected chi connectivity index (χ1v) is 15.1. The molecular weight excluding hydrogens is 585 g/mol. The van der Waals surface area contributed by atoms with Crippen molar-refractivity contribution >= 4 is 62.1 Å². The lowest BCUT2D eigenvalue weighted by molar-refractivity contribution is -0.384. The third kappa shape index (κ3) is 5.28. The molecule has 1 aliphatic heterocycles. The van der Waals surface area contributed by atoms with Gasteiger partial charge in [-0.15, -0.1) is 10.2 Å². The molecule has 11 heteroatoms. The monoisotopic (exact) mass is 608 g/mol. The third-order valence-corrected chi connectivity index (χ3v) is 9.45. The Kier molecular flexibility index (Phi) is 7.51. The van der Waals surface area contributed by atoms with Crippen molar-refractivity contribution in [2.45, 2.75) is 30.0 Å². The van der Waals surface area contributed by atoms with E-state index in [1.807, 2.05) is 37.3 Å². The number of nitro benzene ring substituents is 1. The van der Waals surface area contributed by atoms with Crippen molar-refractivity contribution in [2.75, 3.05) is 4.90 Å². The van der Waals surface area contributed by atoms with Crippen LogP contribution in [-0.2, 0) is 15.3 Å². The van der Waals surface area contributed by atoms with Crippen LogP contribution in [0.3, 0.4) is 0 Å². The highest BCUT2D eigenvalue weighted by atomic mass is 32.2. The predicted molar refractivity (Wildman–Crippen MR) is 167 cm³/mol. The number of nitrogens with zero attached hydrogens (tertiary/aromatic N) is 4. The number of fused-ring (bicyclic) bond motifs is 1. The summed E-state index contributed by atoms with van der Waals surface area (Å²) in [5.41, 5.74) is 3.29. The van der Waals surface area contributed by atoms with Gasteiger partial charge in [-0.3, -0.25) is 24.6 Å². The molecule has 0 saturated carbocycles. The number of ketones is 1. The number of carbonyl (C=O) groups excluding carboxylic acids is 2. The zero-order chi connectivity index (χ0) is 30.2. The number of carbonyl (C=O) groups is 2. The quantitative estimate of drug-likeness (QED) is 0.0393. The van der Waals surface area contributed by atoms with Crippen LogP contribution >= 0.6 is 23.1 Å². The first-order valence-electron chi connectivity index (χ1n) is 13.3. The number of aryl methyl sites for hydroxylation is 2. The van der Waals surface area contributed by atoms with Gasteiger partial charge in [0.2, 0.25) is 5.13 Å². The van der Waals surface area contributed by atoms with Crippen LogP contribution in [0.15, 0.2) is 94.8 Å². The fraction of sp³-hybridized carbons (Fsp3) is 0.125. The van der Waals surface area contributed by atoms with E-state index < -0.39 is 22.7 Å². The number of thioether (sulfide) groups is 1. The number of aliphatic hydroxyl groups is 1. The average molecular weight is 609 g/mol. The van der Waals surface area contributed by atoms with Gasteiger partial charge in [-0.25, -0.2) is 0 Å². The summed E-state index contributed by atoms with van der Waals surface area (Å²) in [6, 6.07) is 24.2. The molecule has 9 nitrogen and oxygen atoms in total. The first kappa shape index (κ1) is 28.3. The molecule has 1 aromatic heterocycles. The highest BCUT2D eigenvalue weighted by Gasteiger charge is 2.48. The summed E-state index contributed by atoms with van der Waals surface area (Å²) in [6.45, 7) is 3.66. The maximum absolute atomic E-state index is 13.6. The summed E-state index contributed by atoms with van der Waals surface area (Å²) in [4.78, 5) is 39.1. The van der Waals surface area contributed by atoms with Crippen LogP contribution in [0.2, 0.25) is 0 Å². The van der Waals surface area contributed by atoms with Gasteiger partial charge in [-0.2, -0.15) is 0 Å². The average Bonchev–Trinajstić information content (AvgIpc) is 3.58. The number of rotatable bonds is 7. The lowest BCUT2D eigenvalue weighted by atomic mass is 9.93. The Morgan fingerprint density at radius 1 is 1.00 bits per heavy atom. The fourth-order valence-corrected chi connectivity index (χ4v) is 7.05. The lowest BCUT2D eigenvalue weighted by Gasteiger charge is -2.22. The minimum atomic E-state index is -1.07. The molecule has 0 bridgehead atoms. The van der Waals surface area contributed by atoms with E-state index in [-0.39, 0.29) is 22.2 Å². The zero-order valence-corrected chi connectivity index (χ0v) is 24.7. The minimum Gasteiger partial charge on any atom is -0.507 e. The first-order chi connectivity index (χ1) is 20.7. The van der Waals surface area contributed by atoms with E-state index in [4.69, 9.17) is 0 Å². The molecular formula is C32H24N4O5S2. The smallest absolute Gasteiger partial charge is 0.301 e. The topological polar surface area (TPSA) is 127 Å². The van der Waals surface area contributed by atoms with Crippen LogP contribution in [0.1, 0.15) is 33.9 Å². The van der Waals surface area contributed by atoms with Gasteiger partial charge >= 0.3 is 5.91 Å². The minimum absolute atomic E-state index is 0.118. The van der Waals surface area contributed by atoms with E-state index in [0.29, 0.717) is 21.2 Å². The second-order valence-electron chi connectivity index (χ2n) is 10.1. The number of hydrogen-bond acceptors (Lipinski definition) is 9. The van der Waals surface area contributed by atoms with Crippen molar-refractivity contribution in [3.8, 4) is 0 Å². The third-order valence-electron chi connectivity index (χ3n) is 7.35. The molecule has 4 aromatic carbocycles. The molecule has 43 heavy (non-hydrogen) atoms. The van der Waals surface area contributed by atoms with Gasteiger partial charge in [-0.05, 0) is 59.5 Å². The van der Waals surface area contributed by atoms with Gasteiger partial charge < -0.3 is 5.11 Å². The number of nitro groups is 1.